The highest BCUT2D eigenvalue weighted by molar-refractivity contribution is 6.07. The van der Waals surface area contributed by atoms with Crippen LogP contribution in [0.1, 0.15) is 24.8 Å². The molecule has 3 N–H and O–H groups in total. The van der Waals surface area contributed by atoms with E-state index in [1.165, 1.54) is 0 Å². The minimum absolute atomic E-state index is 0.0887. The van der Waals surface area contributed by atoms with Gasteiger partial charge in [-0.05, 0) is 12.0 Å². The minimum Gasteiger partial charge on any atom is -0.409 e. The first kappa shape index (κ1) is 14.0. The lowest BCUT2D eigenvalue weighted by atomic mass is 9.96. The van der Waals surface area contributed by atoms with Crippen molar-refractivity contribution in [1.29, 1.82) is 0 Å². The zero-order chi connectivity index (χ0) is 13.5. The molecule has 1 aromatic rings. The second-order valence-corrected chi connectivity index (χ2v) is 4.13. The number of hydrogen-bond donors (Lipinski definition) is 2. The van der Waals surface area contributed by atoms with Gasteiger partial charge in [-0.1, -0.05) is 42.4 Å². The first-order valence-electron chi connectivity index (χ1n) is 5.89. The van der Waals surface area contributed by atoms with Gasteiger partial charge < -0.3 is 15.8 Å². The minimum atomic E-state index is -0.729. The third kappa shape index (κ3) is 3.23. The van der Waals surface area contributed by atoms with Crippen LogP contribution in [0.5, 0.6) is 0 Å². The molecule has 0 saturated carbocycles. The number of amides is 1. The van der Waals surface area contributed by atoms with E-state index in [1.54, 1.807) is 24.1 Å². The molecule has 0 spiro atoms. The summed E-state index contributed by atoms with van der Waals surface area (Å²) >= 11 is 0. The summed E-state index contributed by atoms with van der Waals surface area (Å²) in [5.41, 5.74) is 6.36. The Hall–Kier alpha value is -2.04. The highest BCUT2D eigenvalue weighted by atomic mass is 16.4. The van der Waals surface area contributed by atoms with E-state index >= 15 is 0 Å². The zero-order valence-electron chi connectivity index (χ0n) is 10.7. The van der Waals surface area contributed by atoms with Crippen molar-refractivity contribution in [2.75, 3.05) is 13.6 Å². The molecule has 1 unspecified atom stereocenters. The van der Waals surface area contributed by atoms with Gasteiger partial charge in [-0.2, -0.15) is 0 Å². The molecule has 5 nitrogen and oxygen atoms in total. The lowest BCUT2D eigenvalue weighted by Gasteiger charge is -2.22. The Morgan fingerprint density at radius 3 is 2.56 bits per heavy atom. The van der Waals surface area contributed by atoms with E-state index in [4.69, 9.17) is 10.9 Å². The van der Waals surface area contributed by atoms with E-state index in [1.807, 2.05) is 25.1 Å². The molecule has 1 rings (SSSR count). The summed E-state index contributed by atoms with van der Waals surface area (Å²) in [6.07, 6.45) is 0.861. The summed E-state index contributed by atoms with van der Waals surface area (Å²) in [4.78, 5) is 13.9. The molecular weight excluding hydrogens is 230 g/mol. The van der Waals surface area contributed by atoms with E-state index in [0.717, 1.165) is 12.0 Å². The first-order chi connectivity index (χ1) is 8.61. The van der Waals surface area contributed by atoms with Crippen LogP contribution in [0.4, 0.5) is 0 Å². The molecule has 0 aliphatic rings. The molecule has 1 aromatic carbocycles. The number of oxime groups is 1. The number of amidine groups is 1. The van der Waals surface area contributed by atoms with E-state index in [2.05, 4.69) is 5.16 Å². The van der Waals surface area contributed by atoms with Crippen molar-refractivity contribution in [3.05, 3.63) is 35.9 Å². The molecule has 5 heteroatoms. The van der Waals surface area contributed by atoms with Gasteiger partial charge >= 0.3 is 0 Å². The smallest absolute Gasteiger partial charge is 0.237 e. The summed E-state index contributed by atoms with van der Waals surface area (Å²) in [7, 11) is 1.71. The average molecular weight is 249 g/mol. The average Bonchev–Trinajstić information content (AvgIpc) is 2.40. The molecule has 18 heavy (non-hydrogen) atoms. The van der Waals surface area contributed by atoms with Crippen molar-refractivity contribution in [1.82, 2.24) is 4.90 Å². The van der Waals surface area contributed by atoms with Gasteiger partial charge in [0.15, 0.2) is 5.84 Å². The van der Waals surface area contributed by atoms with Crippen LogP contribution >= 0.6 is 0 Å². The largest absolute Gasteiger partial charge is 0.409 e. The lowest BCUT2D eigenvalue weighted by Crippen LogP contribution is -2.38. The number of nitrogens with two attached hydrogens (primary N) is 1. The number of hydrogen-bond acceptors (Lipinski definition) is 3. The van der Waals surface area contributed by atoms with Crippen LogP contribution in [-0.2, 0) is 4.79 Å². The third-order valence-corrected chi connectivity index (χ3v) is 2.73. The Bertz CT molecular complexity index is 418. The molecule has 0 aliphatic heterocycles. The van der Waals surface area contributed by atoms with Gasteiger partial charge in [-0.3, -0.25) is 4.79 Å². The molecule has 98 valence electrons. The van der Waals surface area contributed by atoms with Gasteiger partial charge in [-0.15, -0.1) is 0 Å². The van der Waals surface area contributed by atoms with Crippen LogP contribution in [0.25, 0.3) is 0 Å². The van der Waals surface area contributed by atoms with E-state index in [-0.39, 0.29) is 11.7 Å². The van der Waals surface area contributed by atoms with Gasteiger partial charge in [0.05, 0.1) is 0 Å². The molecule has 0 heterocycles. The fourth-order valence-corrected chi connectivity index (χ4v) is 1.81. The SMILES string of the molecule is CCCN(C)C(=O)C(C(N)=NO)c1ccccc1. The second kappa shape index (κ2) is 6.64. The first-order valence-corrected chi connectivity index (χ1v) is 5.89. The molecule has 0 fully saturated rings. The van der Waals surface area contributed by atoms with E-state index in [9.17, 15) is 4.79 Å². The van der Waals surface area contributed by atoms with Crippen LogP contribution in [0.3, 0.4) is 0 Å². The topological polar surface area (TPSA) is 78.9 Å². The zero-order valence-corrected chi connectivity index (χ0v) is 10.7. The highest BCUT2D eigenvalue weighted by Crippen LogP contribution is 2.18. The summed E-state index contributed by atoms with van der Waals surface area (Å²) in [5, 5.41) is 11.8. The monoisotopic (exact) mass is 249 g/mol. The molecule has 1 atom stereocenters. The Morgan fingerprint density at radius 2 is 2.06 bits per heavy atom. The number of carbonyl (C=O) groups excluding carboxylic acids is 1. The molecule has 0 radical (unpaired) electrons. The number of nitrogens with zero attached hydrogens (tertiary/aromatic N) is 2. The predicted molar refractivity (Wildman–Crippen MR) is 70.5 cm³/mol. The summed E-state index contributed by atoms with van der Waals surface area (Å²) in [6, 6.07) is 9.08. The summed E-state index contributed by atoms with van der Waals surface area (Å²) in [6.45, 7) is 2.63. The fraction of sp³-hybridized carbons (Fsp3) is 0.385. The molecular formula is C13H19N3O2. The van der Waals surface area contributed by atoms with Gasteiger partial charge in [0, 0.05) is 13.6 Å². The maximum Gasteiger partial charge on any atom is 0.237 e. The molecule has 0 aromatic heterocycles. The van der Waals surface area contributed by atoms with Crippen molar-refractivity contribution in [3.63, 3.8) is 0 Å². The predicted octanol–water partition coefficient (Wildman–Crippen LogP) is 1.38. The Balaban J connectivity index is 3.04. The molecule has 0 aliphatic carbocycles. The van der Waals surface area contributed by atoms with Crippen LogP contribution < -0.4 is 5.73 Å². The third-order valence-electron chi connectivity index (χ3n) is 2.73. The van der Waals surface area contributed by atoms with Crippen molar-refractivity contribution in [2.45, 2.75) is 19.3 Å². The van der Waals surface area contributed by atoms with Crippen molar-refractivity contribution in [2.24, 2.45) is 10.9 Å². The number of likely N-dealkylation sites (N-methyl/N-ethyl adjacent to an activating group) is 1. The van der Waals surface area contributed by atoms with Gasteiger partial charge in [0.1, 0.15) is 5.92 Å². The number of carbonyl (C=O) groups is 1. The van der Waals surface area contributed by atoms with E-state index in [0.29, 0.717) is 6.54 Å². The van der Waals surface area contributed by atoms with Crippen LogP contribution in [0.2, 0.25) is 0 Å². The number of rotatable bonds is 5. The fourth-order valence-electron chi connectivity index (χ4n) is 1.81. The van der Waals surface area contributed by atoms with Crippen molar-refractivity contribution >= 4 is 11.7 Å². The highest BCUT2D eigenvalue weighted by Gasteiger charge is 2.27. The molecule has 0 saturated heterocycles. The van der Waals surface area contributed by atoms with Crippen LogP contribution in [-0.4, -0.2) is 35.4 Å². The Morgan fingerprint density at radius 1 is 1.44 bits per heavy atom. The summed E-state index contributed by atoms with van der Waals surface area (Å²) in [5.74, 6) is -0.986. The maximum atomic E-state index is 12.3. The standard InChI is InChI=1S/C13H19N3O2/c1-3-9-16(2)13(17)11(12(14)15-18)10-7-5-4-6-8-10/h4-8,11,18H,3,9H2,1-2H3,(H2,14,15). The summed E-state index contributed by atoms with van der Waals surface area (Å²) < 4.78 is 0. The maximum absolute atomic E-state index is 12.3. The van der Waals surface area contributed by atoms with Gasteiger partial charge in [-0.25, -0.2) is 0 Å². The lowest BCUT2D eigenvalue weighted by molar-refractivity contribution is -0.130. The Kier molecular flexibility index (Phi) is 5.17. The quantitative estimate of drug-likeness (QED) is 0.358. The van der Waals surface area contributed by atoms with Gasteiger partial charge in [0.25, 0.3) is 0 Å². The van der Waals surface area contributed by atoms with Crippen molar-refractivity contribution < 1.29 is 10.0 Å². The Labute approximate surface area is 107 Å². The molecule has 0 bridgehead atoms. The van der Waals surface area contributed by atoms with E-state index < -0.39 is 5.92 Å². The van der Waals surface area contributed by atoms with Crippen LogP contribution in [0.15, 0.2) is 35.5 Å². The normalized spacial score (nSPS) is 13.1. The van der Waals surface area contributed by atoms with Crippen LogP contribution in [0, 0.1) is 0 Å². The van der Waals surface area contributed by atoms with Crippen molar-refractivity contribution in [3.8, 4) is 0 Å². The second-order valence-electron chi connectivity index (χ2n) is 4.13. The van der Waals surface area contributed by atoms with Gasteiger partial charge in [0.2, 0.25) is 5.91 Å². The molecule has 1 amide bonds. The number of benzene rings is 1.